The molecular formula is C14H23N2+. The zero-order valence-corrected chi connectivity index (χ0v) is 10.5. The number of nitrogens with zero attached hydrogens (tertiary/aromatic N) is 2. The average Bonchev–Trinajstić information content (AvgIpc) is 2.57. The summed E-state index contributed by atoms with van der Waals surface area (Å²) in [6.07, 6.45) is 12.6. The first-order valence-electron chi connectivity index (χ1n) is 6.45. The minimum absolute atomic E-state index is 0.746. The molecule has 0 amide bonds. The van der Waals surface area contributed by atoms with E-state index in [2.05, 4.69) is 48.1 Å². The van der Waals surface area contributed by atoms with Crippen LogP contribution in [0.3, 0.4) is 0 Å². The van der Waals surface area contributed by atoms with E-state index in [1.54, 1.807) is 0 Å². The molecule has 0 spiro atoms. The van der Waals surface area contributed by atoms with E-state index < -0.39 is 0 Å². The maximum Gasteiger partial charge on any atom is 0.170 e. The van der Waals surface area contributed by atoms with Gasteiger partial charge in [0, 0.05) is 30.9 Å². The van der Waals surface area contributed by atoms with Crippen LogP contribution >= 0.6 is 0 Å². The summed E-state index contributed by atoms with van der Waals surface area (Å²) in [4.78, 5) is 2.46. The van der Waals surface area contributed by atoms with Crippen molar-refractivity contribution in [2.75, 3.05) is 11.9 Å². The fourth-order valence-electron chi connectivity index (χ4n) is 2.58. The monoisotopic (exact) mass is 219 g/mol. The predicted octanol–water partition coefficient (Wildman–Crippen LogP) is 2.67. The highest BCUT2D eigenvalue weighted by Crippen LogP contribution is 2.24. The van der Waals surface area contributed by atoms with Gasteiger partial charge >= 0.3 is 0 Å². The number of pyridine rings is 1. The summed E-state index contributed by atoms with van der Waals surface area (Å²) < 4.78 is 2.09. The lowest BCUT2D eigenvalue weighted by Gasteiger charge is -2.28. The Morgan fingerprint density at radius 3 is 2.19 bits per heavy atom. The summed E-state index contributed by atoms with van der Waals surface area (Å²) in [6, 6.07) is 5.17. The van der Waals surface area contributed by atoms with Crippen LogP contribution in [0.25, 0.3) is 0 Å². The Bertz CT molecular complexity index is 310. The van der Waals surface area contributed by atoms with Crippen LogP contribution in [0.4, 0.5) is 5.69 Å². The van der Waals surface area contributed by atoms with E-state index >= 15 is 0 Å². The number of anilines is 1. The molecule has 0 bridgehead atoms. The quantitative estimate of drug-likeness (QED) is 0.548. The van der Waals surface area contributed by atoms with Crippen LogP contribution in [0.1, 0.15) is 38.5 Å². The molecule has 0 radical (unpaired) electrons. The van der Waals surface area contributed by atoms with E-state index in [9.17, 15) is 0 Å². The van der Waals surface area contributed by atoms with Gasteiger partial charge < -0.3 is 4.90 Å². The highest BCUT2D eigenvalue weighted by molar-refractivity contribution is 5.43. The van der Waals surface area contributed by atoms with Gasteiger partial charge in [-0.05, 0) is 12.8 Å². The van der Waals surface area contributed by atoms with Crippen LogP contribution in [-0.4, -0.2) is 13.1 Å². The predicted molar refractivity (Wildman–Crippen MR) is 67.5 cm³/mol. The Kier molecular flexibility index (Phi) is 3.81. The molecule has 88 valence electrons. The summed E-state index contributed by atoms with van der Waals surface area (Å²) in [5, 5.41) is 0. The van der Waals surface area contributed by atoms with Crippen molar-refractivity contribution >= 4 is 5.69 Å². The Morgan fingerprint density at radius 2 is 1.62 bits per heavy atom. The van der Waals surface area contributed by atoms with E-state index in [0.717, 1.165) is 6.04 Å². The third-order valence-corrected chi connectivity index (χ3v) is 3.74. The van der Waals surface area contributed by atoms with Crippen molar-refractivity contribution < 1.29 is 4.57 Å². The van der Waals surface area contributed by atoms with E-state index in [1.807, 2.05) is 0 Å². The largest absolute Gasteiger partial charge is 0.371 e. The third kappa shape index (κ3) is 2.75. The molecule has 2 heteroatoms. The molecule has 1 aliphatic rings. The average molecular weight is 219 g/mol. The van der Waals surface area contributed by atoms with Gasteiger partial charge in [0.25, 0.3) is 0 Å². The highest BCUT2D eigenvalue weighted by Gasteiger charge is 2.17. The van der Waals surface area contributed by atoms with Gasteiger partial charge in [-0.25, -0.2) is 4.57 Å². The van der Waals surface area contributed by atoms with Crippen molar-refractivity contribution in [3.63, 3.8) is 0 Å². The van der Waals surface area contributed by atoms with Gasteiger partial charge in [-0.3, -0.25) is 0 Å². The smallest absolute Gasteiger partial charge is 0.170 e. The minimum atomic E-state index is 0.746. The fraction of sp³-hybridized carbons (Fsp3) is 0.643. The molecule has 0 aromatic carbocycles. The summed E-state index contributed by atoms with van der Waals surface area (Å²) in [6.45, 7) is 0. The Morgan fingerprint density at radius 1 is 1.06 bits per heavy atom. The Balaban J connectivity index is 2.04. The van der Waals surface area contributed by atoms with Crippen LogP contribution in [-0.2, 0) is 7.05 Å². The van der Waals surface area contributed by atoms with Crippen molar-refractivity contribution in [2.24, 2.45) is 7.05 Å². The lowest BCUT2D eigenvalue weighted by atomic mass is 10.1. The van der Waals surface area contributed by atoms with Gasteiger partial charge in [-0.2, -0.15) is 0 Å². The first-order chi connectivity index (χ1) is 7.77. The summed E-state index contributed by atoms with van der Waals surface area (Å²) >= 11 is 0. The Labute approximate surface area is 98.9 Å². The second-order valence-corrected chi connectivity index (χ2v) is 4.98. The molecule has 0 aliphatic heterocycles. The second-order valence-electron chi connectivity index (χ2n) is 4.98. The van der Waals surface area contributed by atoms with E-state index in [1.165, 1.54) is 44.2 Å². The van der Waals surface area contributed by atoms with Crippen LogP contribution < -0.4 is 9.47 Å². The first kappa shape index (κ1) is 11.4. The minimum Gasteiger partial charge on any atom is -0.371 e. The van der Waals surface area contributed by atoms with Gasteiger partial charge in [0.15, 0.2) is 12.4 Å². The van der Waals surface area contributed by atoms with Gasteiger partial charge in [0.1, 0.15) is 7.05 Å². The van der Waals surface area contributed by atoms with Crippen LogP contribution in [0.5, 0.6) is 0 Å². The van der Waals surface area contributed by atoms with Crippen molar-refractivity contribution in [1.82, 2.24) is 0 Å². The summed E-state index contributed by atoms with van der Waals surface area (Å²) in [7, 11) is 4.31. The van der Waals surface area contributed by atoms with Gasteiger partial charge in [0.2, 0.25) is 0 Å². The maximum atomic E-state index is 2.46. The van der Waals surface area contributed by atoms with E-state index in [-0.39, 0.29) is 0 Å². The zero-order valence-electron chi connectivity index (χ0n) is 10.5. The summed E-state index contributed by atoms with van der Waals surface area (Å²) in [5.74, 6) is 0. The first-order valence-corrected chi connectivity index (χ1v) is 6.45. The van der Waals surface area contributed by atoms with Gasteiger partial charge in [-0.15, -0.1) is 0 Å². The molecule has 0 atom stereocenters. The van der Waals surface area contributed by atoms with E-state index in [4.69, 9.17) is 0 Å². The fourth-order valence-corrected chi connectivity index (χ4v) is 2.58. The highest BCUT2D eigenvalue weighted by atomic mass is 15.1. The number of hydrogen-bond donors (Lipinski definition) is 0. The SMILES string of the molecule is CN(c1cc[n+](C)cc1)C1CCCCCC1. The molecular weight excluding hydrogens is 196 g/mol. The van der Waals surface area contributed by atoms with Crippen molar-refractivity contribution in [3.05, 3.63) is 24.5 Å². The van der Waals surface area contributed by atoms with Crippen molar-refractivity contribution in [3.8, 4) is 0 Å². The molecule has 1 saturated carbocycles. The molecule has 16 heavy (non-hydrogen) atoms. The molecule has 2 rings (SSSR count). The standard InChI is InChI=1S/C14H23N2/c1-15-11-9-14(10-12-15)16(2)13-7-5-3-4-6-8-13/h9-13H,3-8H2,1-2H3/q+1. The molecule has 0 N–H and O–H groups in total. The molecule has 2 nitrogen and oxygen atoms in total. The van der Waals surface area contributed by atoms with Crippen molar-refractivity contribution in [2.45, 2.75) is 44.6 Å². The molecule has 1 aromatic heterocycles. The van der Waals surface area contributed by atoms with E-state index in [0.29, 0.717) is 0 Å². The topological polar surface area (TPSA) is 7.12 Å². The molecule has 1 aliphatic carbocycles. The number of aryl methyl sites for hydroxylation is 1. The molecule has 0 unspecified atom stereocenters. The molecule has 1 fully saturated rings. The number of rotatable bonds is 2. The normalized spacial score (nSPS) is 18.1. The molecule has 1 aromatic rings. The van der Waals surface area contributed by atoms with Gasteiger partial charge in [0.05, 0.1) is 0 Å². The number of aromatic nitrogens is 1. The number of hydrogen-bond acceptors (Lipinski definition) is 1. The zero-order chi connectivity index (χ0) is 11.4. The maximum absolute atomic E-state index is 2.46. The van der Waals surface area contributed by atoms with Gasteiger partial charge in [-0.1, -0.05) is 25.7 Å². The van der Waals surface area contributed by atoms with Crippen LogP contribution in [0.15, 0.2) is 24.5 Å². The van der Waals surface area contributed by atoms with Crippen molar-refractivity contribution in [1.29, 1.82) is 0 Å². The Hall–Kier alpha value is -1.05. The second kappa shape index (κ2) is 5.33. The summed E-state index contributed by atoms with van der Waals surface area (Å²) in [5.41, 5.74) is 1.35. The van der Waals surface area contributed by atoms with Crippen LogP contribution in [0.2, 0.25) is 0 Å². The molecule has 1 heterocycles. The third-order valence-electron chi connectivity index (χ3n) is 3.74. The van der Waals surface area contributed by atoms with Crippen LogP contribution in [0, 0.1) is 0 Å². The molecule has 0 saturated heterocycles. The lowest BCUT2D eigenvalue weighted by Crippen LogP contribution is -2.32. The lowest BCUT2D eigenvalue weighted by molar-refractivity contribution is -0.671.